The lowest BCUT2D eigenvalue weighted by molar-refractivity contribution is 0.338. The lowest BCUT2D eigenvalue weighted by Crippen LogP contribution is -2.18. The Balaban J connectivity index is 2.23. The summed E-state index contributed by atoms with van der Waals surface area (Å²) in [5.74, 6) is 1.30. The largest absolute Gasteiger partial charge is 0.118 e. The van der Waals surface area contributed by atoms with Crippen LogP contribution in [0, 0.1) is 5.41 Å². The fourth-order valence-corrected chi connectivity index (χ4v) is 5.72. The van der Waals surface area contributed by atoms with Gasteiger partial charge in [-0.25, -0.2) is 0 Å². The summed E-state index contributed by atoms with van der Waals surface area (Å²) in [4.78, 5) is 0.732. The molecule has 0 bridgehead atoms. The summed E-state index contributed by atoms with van der Waals surface area (Å²) < 4.78 is 1.38. The SMILES string of the molecule is CCCCCCCCC1(CCCCCC(Br)CC)C=C(Br)SC1. The molecule has 23 heavy (non-hydrogen) atoms. The van der Waals surface area contributed by atoms with Gasteiger partial charge in [-0.2, -0.15) is 0 Å². The molecule has 2 atom stereocenters. The summed E-state index contributed by atoms with van der Waals surface area (Å²) in [6.07, 6.45) is 20.6. The molecule has 2 unspecified atom stereocenters. The van der Waals surface area contributed by atoms with E-state index in [0.29, 0.717) is 5.41 Å². The van der Waals surface area contributed by atoms with E-state index >= 15 is 0 Å². The lowest BCUT2D eigenvalue weighted by atomic mass is 9.80. The molecule has 0 spiro atoms. The van der Waals surface area contributed by atoms with Crippen LogP contribution in [0.2, 0.25) is 0 Å². The second-order valence-electron chi connectivity index (χ2n) is 7.22. The van der Waals surface area contributed by atoms with Crippen LogP contribution >= 0.6 is 43.6 Å². The van der Waals surface area contributed by atoms with Crippen molar-refractivity contribution in [3.63, 3.8) is 0 Å². The Kier molecular flexibility index (Phi) is 12.8. The van der Waals surface area contributed by atoms with E-state index in [0.717, 1.165) is 4.83 Å². The van der Waals surface area contributed by atoms with Gasteiger partial charge in [-0.15, -0.1) is 11.8 Å². The molecule has 0 aromatic heterocycles. The van der Waals surface area contributed by atoms with Crippen LogP contribution in [-0.2, 0) is 0 Å². The summed E-state index contributed by atoms with van der Waals surface area (Å²) >= 11 is 9.50. The van der Waals surface area contributed by atoms with Crippen LogP contribution in [-0.4, -0.2) is 10.6 Å². The van der Waals surface area contributed by atoms with Crippen molar-refractivity contribution < 1.29 is 0 Å². The predicted octanol–water partition coefficient (Wildman–Crippen LogP) is 8.83. The van der Waals surface area contributed by atoms with E-state index in [1.165, 1.54) is 93.0 Å². The molecule has 0 saturated heterocycles. The molecule has 0 radical (unpaired) electrons. The lowest BCUT2D eigenvalue weighted by Gasteiger charge is -2.27. The van der Waals surface area contributed by atoms with Crippen molar-refractivity contribution in [2.45, 2.75) is 102 Å². The van der Waals surface area contributed by atoms with Gasteiger partial charge in [0.15, 0.2) is 0 Å². The Morgan fingerprint density at radius 1 is 1.00 bits per heavy atom. The monoisotopic (exact) mass is 466 g/mol. The first-order valence-electron chi connectivity index (χ1n) is 9.77. The van der Waals surface area contributed by atoms with E-state index in [1.54, 1.807) is 0 Å². The molecule has 0 amide bonds. The van der Waals surface area contributed by atoms with Crippen LogP contribution in [0.15, 0.2) is 9.89 Å². The first-order valence-corrected chi connectivity index (χ1v) is 12.5. The zero-order valence-electron chi connectivity index (χ0n) is 15.2. The number of rotatable bonds is 14. The van der Waals surface area contributed by atoms with Gasteiger partial charge in [-0.1, -0.05) is 93.6 Å². The van der Waals surface area contributed by atoms with Gasteiger partial charge in [0.25, 0.3) is 0 Å². The van der Waals surface area contributed by atoms with Gasteiger partial charge >= 0.3 is 0 Å². The van der Waals surface area contributed by atoms with Crippen LogP contribution in [0.3, 0.4) is 0 Å². The fraction of sp³-hybridized carbons (Fsp3) is 0.900. The molecule has 0 fully saturated rings. The third-order valence-corrected chi connectivity index (χ3v) is 8.21. The smallest absolute Gasteiger partial charge is 0.0469 e. The molecule has 0 saturated carbocycles. The summed E-state index contributed by atoms with van der Waals surface area (Å²) in [7, 11) is 0. The van der Waals surface area contributed by atoms with Gasteiger partial charge in [0, 0.05) is 14.4 Å². The summed E-state index contributed by atoms with van der Waals surface area (Å²) in [5, 5.41) is 0. The zero-order chi connectivity index (χ0) is 17.0. The quantitative estimate of drug-likeness (QED) is 0.181. The van der Waals surface area contributed by atoms with Crippen molar-refractivity contribution in [3.05, 3.63) is 9.89 Å². The third-order valence-electron chi connectivity index (χ3n) is 5.08. The van der Waals surface area contributed by atoms with Gasteiger partial charge in [0.05, 0.1) is 0 Å². The minimum absolute atomic E-state index is 0.493. The standard InChI is InChI=1S/C20H36Br2S/c1-3-5-6-7-8-11-14-20(16-19(22)23-17-20)15-12-9-10-13-18(21)4-2/h16,18H,3-15,17H2,1-2H3. The second kappa shape index (κ2) is 13.3. The second-order valence-corrected chi connectivity index (χ2v) is 10.9. The van der Waals surface area contributed by atoms with Gasteiger partial charge in [-0.3, -0.25) is 0 Å². The Morgan fingerprint density at radius 3 is 2.17 bits per heavy atom. The van der Waals surface area contributed by atoms with E-state index in [2.05, 4.69) is 51.8 Å². The average Bonchev–Trinajstić information content (AvgIpc) is 2.91. The highest BCUT2D eigenvalue weighted by molar-refractivity contribution is 9.14. The van der Waals surface area contributed by atoms with Crippen molar-refractivity contribution >= 4 is 43.6 Å². The maximum atomic E-state index is 3.75. The normalized spacial score (nSPS) is 22.3. The average molecular weight is 468 g/mol. The molecule has 0 nitrogen and oxygen atoms in total. The van der Waals surface area contributed by atoms with Crippen LogP contribution in [0.4, 0.5) is 0 Å². The number of hydrogen-bond acceptors (Lipinski definition) is 1. The van der Waals surface area contributed by atoms with Gasteiger partial charge < -0.3 is 0 Å². The maximum Gasteiger partial charge on any atom is 0.0469 e. The number of hydrogen-bond donors (Lipinski definition) is 0. The molecule has 0 N–H and O–H groups in total. The van der Waals surface area contributed by atoms with E-state index in [-0.39, 0.29) is 0 Å². The number of thioether (sulfide) groups is 1. The molecular weight excluding hydrogens is 432 g/mol. The van der Waals surface area contributed by atoms with E-state index < -0.39 is 0 Å². The zero-order valence-corrected chi connectivity index (χ0v) is 19.2. The van der Waals surface area contributed by atoms with Gasteiger partial charge in [0.1, 0.15) is 0 Å². The molecule has 1 rings (SSSR count). The first-order chi connectivity index (χ1) is 11.1. The number of allylic oxidation sites excluding steroid dienone is 1. The Labute approximate surface area is 166 Å². The van der Waals surface area contributed by atoms with E-state index in [1.807, 2.05) is 11.8 Å². The Bertz CT molecular complexity index is 330. The topological polar surface area (TPSA) is 0 Å². The van der Waals surface area contributed by atoms with Crippen LogP contribution in [0.25, 0.3) is 0 Å². The van der Waals surface area contributed by atoms with E-state index in [9.17, 15) is 0 Å². The van der Waals surface area contributed by atoms with Crippen molar-refractivity contribution in [2.24, 2.45) is 5.41 Å². The van der Waals surface area contributed by atoms with Crippen molar-refractivity contribution in [3.8, 4) is 0 Å². The molecule has 0 aliphatic carbocycles. The number of alkyl halides is 1. The minimum Gasteiger partial charge on any atom is -0.118 e. The minimum atomic E-state index is 0.493. The highest BCUT2D eigenvalue weighted by Gasteiger charge is 2.31. The Morgan fingerprint density at radius 2 is 1.61 bits per heavy atom. The molecule has 0 aromatic rings. The summed E-state index contributed by atoms with van der Waals surface area (Å²) in [6, 6.07) is 0. The van der Waals surface area contributed by atoms with Crippen molar-refractivity contribution in [1.82, 2.24) is 0 Å². The molecule has 3 heteroatoms. The van der Waals surface area contributed by atoms with Gasteiger partial charge in [-0.05, 0) is 47.0 Å². The van der Waals surface area contributed by atoms with Crippen LogP contribution in [0.5, 0.6) is 0 Å². The van der Waals surface area contributed by atoms with Gasteiger partial charge in [0.2, 0.25) is 0 Å². The van der Waals surface area contributed by atoms with Crippen molar-refractivity contribution in [2.75, 3.05) is 5.75 Å². The summed E-state index contributed by atoms with van der Waals surface area (Å²) in [6.45, 7) is 4.57. The highest BCUT2D eigenvalue weighted by Crippen LogP contribution is 2.47. The molecular formula is C20H36Br2S. The first kappa shape index (κ1) is 22.1. The highest BCUT2D eigenvalue weighted by atomic mass is 79.9. The molecule has 136 valence electrons. The van der Waals surface area contributed by atoms with Crippen LogP contribution < -0.4 is 0 Å². The van der Waals surface area contributed by atoms with E-state index in [4.69, 9.17) is 0 Å². The van der Waals surface area contributed by atoms with Crippen molar-refractivity contribution in [1.29, 1.82) is 0 Å². The molecule has 1 aliphatic rings. The molecule has 0 aromatic carbocycles. The molecule has 1 aliphatic heterocycles. The number of unbranched alkanes of at least 4 members (excludes halogenated alkanes) is 7. The predicted molar refractivity (Wildman–Crippen MR) is 116 cm³/mol. The maximum absolute atomic E-state index is 3.75. The number of halogens is 2. The molecule has 1 heterocycles. The third kappa shape index (κ3) is 9.94. The Hall–Kier alpha value is 1.05. The fourth-order valence-electron chi connectivity index (χ4n) is 3.43. The summed E-state index contributed by atoms with van der Waals surface area (Å²) in [5.41, 5.74) is 0.493. The van der Waals surface area contributed by atoms with Crippen LogP contribution in [0.1, 0.15) is 97.3 Å².